The van der Waals surface area contributed by atoms with Crippen molar-refractivity contribution >= 4 is 23.4 Å². The summed E-state index contributed by atoms with van der Waals surface area (Å²) in [4.78, 5) is 0. The van der Waals surface area contributed by atoms with Gasteiger partial charge in [-0.3, -0.25) is 0 Å². The zero-order chi connectivity index (χ0) is 20.2. The van der Waals surface area contributed by atoms with Crippen LogP contribution in [0, 0.1) is 5.92 Å². The lowest BCUT2D eigenvalue weighted by molar-refractivity contribution is 0.00578. The van der Waals surface area contributed by atoms with E-state index >= 15 is 0 Å². The lowest BCUT2D eigenvalue weighted by Crippen LogP contribution is -2.41. The molecule has 3 nitrogen and oxygen atoms in total. The minimum atomic E-state index is -0.455. The van der Waals surface area contributed by atoms with Crippen molar-refractivity contribution in [1.82, 2.24) is 0 Å². The molecule has 28 heavy (non-hydrogen) atoms. The molecule has 2 aliphatic rings. The van der Waals surface area contributed by atoms with Crippen molar-refractivity contribution < 1.29 is 14.4 Å². The van der Waals surface area contributed by atoms with Gasteiger partial charge in [-0.05, 0) is 94.4 Å². The molecule has 0 bridgehead atoms. The van der Waals surface area contributed by atoms with Crippen molar-refractivity contribution in [2.45, 2.75) is 83.5 Å². The first-order valence-corrected chi connectivity index (χ1v) is 10.7. The maximum Gasteiger partial charge on any atom is 0.494 e. The molecular weight excluding hydrogens is 347 g/mol. The van der Waals surface area contributed by atoms with E-state index < -0.39 is 5.60 Å². The van der Waals surface area contributed by atoms with Gasteiger partial charge in [-0.1, -0.05) is 36.4 Å². The second-order valence-corrected chi connectivity index (χ2v) is 10.2. The number of aliphatic hydroxyl groups is 1. The fraction of sp³-hybridized carbons (Fsp3) is 0.583. The number of hydrogen-bond donors (Lipinski definition) is 1. The van der Waals surface area contributed by atoms with Gasteiger partial charge in [0.25, 0.3) is 0 Å². The lowest BCUT2D eigenvalue weighted by Gasteiger charge is -2.33. The Morgan fingerprint density at radius 1 is 0.893 bits per heavy atom. The van der Waals surface area contributed by atoms with E-state index in [1.807, 2.05) is 6.92 Å². The van der Waals surface area contributed by atoms with Gasteiger partial charge in [0.15, 0.2) is 0 Å². The molecule has 2 aromatic carbocycles. The van der Waals surface area contributed by atoms with Crippen LogP contribution in [0.15, 0.2) is 36.4 Å². The fourth-order valence-electron chi connectivity index (χ4n) is 4.40. The average molecular weight is 380 g/mol. The van der Waals surface area contributed by atoms with Gasteiger partial charge in [0.05, 0.1) is 16.8 Å². The van der Waals surface area contributed by atoms with Crippen LogP contribution >= 0.6 is 0 Å². The van der Waals surface area contributed by atoms with Crippen LogP contribution in [0.25, 0.3) is 10.8 Å². The van der Waals surface area contributed by atoms with E-state index in [2.05, 4.69) is 64.1 Å². The topological polar surface area (TPSA) is 38.7 Å². The zero-order valence-corrected chi connectivity index (χ0v) is 17.9. The van der Waals surface area contributed by atoms with Crippen molar-refractivity contribution in [3.63, 3.8) is 0 Å². The second kappa shape index (κ2) is 6.86. The van der Waals surface area contributed by atoms with Gasteiger partial charge in [0.2, 0.25) is 0 Å². The summed E-state index contributed by atoms with van der Waals surface area (Å²) >= 11 is 0. The normalized spacial score (nSPS) is 29.4. The molecule has 1 saturated carbocycles. The van der Waals surface area contributed by atoms with E-state index in [0.717, 1.165) is 37.6 Å². The van der Waals surface area contributed by atoms with Gasteiger partial charge < -0.3 is 14.4 Å². The molecule has 1 heterocycles. The summed E-state index contributed by atoms with van der Waals surface area (Å²) in [5.41, 5.74) is 1.38. The highest BCUT2D eigenvalue weighted by atomic mass is 16.7. The van der Waals surface area contributed by atoms with Crippen LogP contribution in [0.4, 0.5) is 0 Å². The quantitative estimate of drug-likeness (QED) is 0.790. The first-order chi connectivity index (χ1) is 13.0. The molecule has 4 heteroatoms. The van der Waals surface area contributed by atoms with E-state index in [9.17, 15) is 5.11 Å². The van der Waals surface area contributed by atoms with E-state index in [4.69, 9.17) is 9.31 Å². The molecule has 0 amide bonds. The molecule has 0 aromatic heterocycles. The van der Waals surface area contributed by atoms with Crippen molar-refractivity contribution in [2.75, 3.05) is 0 Å². The van der Waals surface area contributed by atoms with Crippen LogP contribution in [0.1, 0.15) is 65.9 Å². The van der Waals surface area contributed by atoms with Crippen molar-refractivity contribution in [3.8, 4) is 0 Å². The minimum Gasteiger partial charge on any atom is -0.399 e. The molecule has 1 N–H and O–H groups in total. The maximum absolute atomic E-state index is 10.2. The van der Waals surface area contributed by atoms with Gasteiger partial charge >= 0.3 is 7.12 Å². The highest BCUT2D eigenvalue weighted by molar-refractivity contribution is 6.62. The standard InChI is InChI=1S/C24H33BO3/c1-22(2)23(3,4)28-25(27-22)21-9-8-19-15-18(6-7-20(19)16-21)14-17-10-12-24(5,26)13-11-17/h6-9,15-17,26H,10-14H2,1-5H3. The zero-order valence-electron chi connectivity index (χ0n) is 17.9. The van der Waals surface area contributed by atoms with Crippen molar-refractivity contribution in [3.05, 3.63) is 42.0 Å². The first-order valence-electron chi connectivity index (χ1n) is 10.7. The molecule has 1 aliphatic carbocycles. The SMILES string of the molecule is CC1(O)CCC(Cc2ccc3cc(B4OC(C)(C)C(C)(C)O4)ccc3c2)CC1. The van der Waals surface area contributed by atoms with E-state index in [1.165, 1.54) is 16.3 Å². The molecule has 150 valence electrons. The Balaban J connectivity index is 1.49. The van der Waals surface area contributed by atoms with Crippen LogP contribution in [-0.4, -0.2) is 29.0 Å². The maximum atomic E-state index is 10.2. The predicted molar refractivity (Wildman–Crippen MR) is 116 cm³/mol. The highest BCUT2D eigenvalue weighted by Gasteiger charge is 2.51. The average Bonchev–Trinajstić information content (AvgIpc) is 2.84. The third-order valence-corrected chi connectivity index (χ3v) is 7.16. The van der Waals surface area contributed by atoms with Gasteiger partial charge in [0.1, 0.15) is 0 Å². The number of benzene rings is 2. The Labute approximate surface area is 169 Å². The summed E-state index contributed by atoms with van der Waals surface area (Å²) in [6, 6.07) is 13.3. The molecule has 4 rings (SSSR count). The Morgan fingerprint density at radius 3 is 2.11 bits per heavy atom. The molecule has 2 fully saturated rings. The minimum absolute atomic E-state index is 0.316. The Bertz CT molecular complexity index is 845. The summed E-state index contributed by atoms with van der Waals surface area (Å²) in [5, 5.41) is 12.6. The molecule has 0 spiro atoms. The molecule has 1 aliphatic heterocycles. The highest BCUT2D eigenvalue weighted by Crippen LogP contribution is 2.37. The summed E-state index contributed by atoms with van der Waals surface area (Å²) in [7, 11) is -0.316. The Kier molecular flexibility index (Phi) is 4.89. The Hall–Kier alpha value is -1.36. The summed E-state index contributed by atoms with van der Waals surface area (Å²) < 4.78 is 12.4. The van der Waals surface area contributed by atoms with E-state index in [0.29, 0.717) is 5.92 Å². The second-order valence-electron chi connectivity index (χ2n) is 10.2. The summed E-state index contributed by atoms with van der Waals surface area (Å²) in [6.45, 7) is 10.3. The monoisotopic (exact) mass is 380 g/mol. The number of rotatable bonds is 3. The van der Waals surface area contributed by atoms with Crippen LogP contribution in [0.5, 0.6) is 0 Å². The van der Waals surface area contributed by atoms with Crippen LogP contribution in [0.3, 0.4) is 0 Å². The molecule has 0 radical (unpaired) electrons. The van der Waals surface area contributed by atoms with Crippen molar-refractivity contribution in [2.24, 2.45) is 5.92 Å². The van der Waals surface area contributed by atoms with Gasteiger partial charge in [0, 0.05) is 0 Å². The van der Waals surface area contributed by atoms with Crippen molar-refractivity contribution in [1.29, 1.82) is 0 Å². The van der Waals surface area contributed by atoms with Crippen LogP contribution in [-0.2, 0) is 15.7 Å². The fourth-order valence-corrected chi connectivity index (χ4v) is 4.40. The molecule has 0 unspecified atom stereocenters. The van der Waals surface area contributed by atoms with Crippen LogP contribution in [0.2, 0.25) is 0 Å². The van der Waals surface area contributed by atoms with Gasteiger partial charge in [-0.2, -0.15) is 0 Å². The third-order valence-electron chi connectivity index (χ3n) is 7.16. The van der Waals surface area contributed by atoms with Gasteiger partial charge in [-0.15, -0.1) is 0 Å². The van der Waals surface area contributed by atoms with Crippen LogP contribution < -0.4 is 5.46 Å². The Morgan fingerprint density at radius 2 is 1.46 bits per heavy atom. The molecule has 2 aromatic rings. The summed E-state index contributed by atoms with van der Waals surface area (Å²) in [6.07, 6.45) is 5.17. The van der Waals surface area contributed by atoms with Gasteiger partial charge in [-0.25, -0.2) is 0 Å². The van der Waals surface area contributed by atoms with E-state index in [-0.39, 0.29) is 18.3 Å². The third kappa shape index (κ3) is 3.87. The smallest absolute Gasteiger partial charge is 0.399 e. The predicted octanol–water partition coefficient (Wildman–Crippen LogP) is 4.62. The van der Waals surface area contributed by atoms with E-state index in [1.54, 1.807) is 0 Å². The summed E-state index contributed by atoms with van der Waals surface area (Å²) in [5.74, 6) is 0.682. The lowest BCUT2D eigenvalue weighted by atomic mass is 9.77. The first kappa shape index (κ1) is 19.9. The number of hydrogen-bond acceptors (Lipinski definition) is 3. The molecule has 1 saturated heterocycles. The number of fused-ring (bicyclic) bond motifs is 1. The largest absolute Gasteiger partial charge is 0.494 e. The molecular formula is C24H33BO3. The molecule has 0 atom stereocenters.